The van der Waals surface area contributed by atoms with E-state index in [1.807, 2.05) is 24.3 Å². The number of rotatable bonds is 6. The molecule has 5 nitrogen and oxygen atoms in total. The first kappa shape index (κ1) is 18.6. The minimum Gasteiger partial charge on any atom is -0.507 e. The van der Waals surface area contributed by atoms with Crippen LogP contribution in [0.15, 0.2) is 72.9 Å². The Morgan fingerprint density at radius 3 is 2.52 bits per heavy atom. The molecule has 1 heterocycles. The number of benzene rings is 3. The van der Waals surface area contributed by atoms with Gasteiger partial charge < -0.3 is 14.6 Å². The van der Waals surface area contributed by atoms with Crippen molar-refractivity contribution in [3.63, 3.8) is 0 Å². The molecular weight excluding hydrogens is 371 g/mol. The van der Waals surface area contributed by atoms with Gasteiger partial charge in [-0.2, -0.15) is 5.10 Å². The van der Waals surface area contributed by atoms with E-state index in [1.165, 1.54) is 12.1 Å². The van der Waals surface area contributed by atoms with Gasteiger partial charge in [-0.3, -0.25) is 5.10 Å². The Balaban J connectivity index is 1.59. The van der Waals surface area contributed by atoms with E-state index >= 15 is 0 Å². The van der Waals surface area contributed by atoms with Crippen molar-refractivity contribution in [1.29, 1.82) is 0 Å². The summed E-state index contributed by atoms with van der Waals surface area (Å²) in [5, 5.41) is 17.7. The van der Waals surface area contributed by atoms with Gasteiger partial charge >= 0.3 is 0 Å². The molecule has 4 rings (SSSR count). The Hall–Kier alpha value is -3.80. The van der Waals surface area contributed by atoms with Crippen molar-refractivity contribution >= 4 is 0 Å². The molecule has 0 bridgehead atoms. The van der Waals surface area contributed by atoms with Crippen LogP contribution < -0.4 is 9.47 Å². The zero-order valence-electron chi connectivity index (χ0n) is 15.7. The van der Waals surface area contributed by atoms with E-state index in [4.69, 9.17) is 9.47 Å². The van der Waals surface area contributed by atoms with Gasteiger partial charge in [0.1, 0.15) is 29.7 Å². The summed E-state index contributed by atoms with van der Waals surface area (Å²) < 4.78 is 24.1. The summed E-state index contributed by atoms with van der Waals surface area (Å²) >= 11 is 0. The van der Waals surface area contributed by atoms with E-state index in [-0.39, 0.29) is 18.2 Å². The van der Waals surface area contributed by atoms with Gasteiger partial charge in [0.25, 0.3) is 0 Å². The first-order chi connectivity index (χ1) is 14.2. The van der Waals surface area contributed by atoms with Crippen LogP contribution >= 0.6 is 0 Å². The second-order valence-electron chi connectivity index (χ2n) is 6.45. The monoisotopic (exact) mass is 390 g/mol. The fraction of sp³-hybridized carbons (Fsp3) is 0.0870. The van der Waals surface area contributed by atoms with Crippen molar-refractivity contribution in [2.45, 2.75) is 6.61 Å². The Morgan fingerprint density at radius 1 is 0.966 bits per heavy atom. The number of phenols is 1. The summed E-state index contributed by atoms with van der Waals surface area (Å²) in [6, 6.07) is 18.8. The number of hydrogen-bond acceptors (Lipinski definition) is 4. The molecule has 4 aromatic rings. The van der Waals surface area contributed by atoms with Crippen LogP contribution in [0, 0.1) is 5.82 Å². The number of aromatic nitrogens is 2. The maximum absolute atomic E-state index is 13.0. The molecule has 146 valence electrons. The van der Waals surface area contributed by atoms with Crippen molar-refractivity contribution < 1.29 is 19.0 Å². The molecular formula is C23H19FN2O3. The number of H-pyrrole nitrogens is 1. The van der Waals surface area contributed by atoms with Crippen LogP contribution in [0.3, 0.4) is 0 Å². The number of halogens is 1. The zero-order chi connectivity index (χ0) is 20.2. The molecule has 0 amide bonds. The van der Waals surface area contributed by atoms with E-state index in [9.17, 15) is 9.50 Å². The van der Waals surface area contributed by atoms with Gasteiger partial charge in [-0.25, -0.2) is 4.39 Å². The minimum absolute atomic E-state index is 0.0574. The molecule has 3 aromatic carbocycles. The van der Waals surface area contributed by atoms with E-state index in [0.29, 0.717) is 22.8 Å². The molecule has 0 aliphatic rings. The van der Waals surface area contributed by atoms with E-state index in [1.54, 1.807) is 43.6 Å². The van der Waals surface area contributed by atoms with Gasteiger partial charge in [-0.05, 0) is 35.9 Å². The molecule has 0 unspecified atom stereocenters. The molecule has 0 atom stereocenters. The van der Waals surface area contributed by atoms with Gasteiger partial charge in [-0.1, -0.05) is 30.3 Å². The number of ether oxygens (including phenoxy) is 2. The average Bonchev–Trinajstić information content (AvgIpc) is 3.22. The molecule has 0 radical (unpaired) electrons. The second kappa shape index (κ2) is 8.06. The summed E-state index contributed by atoms with van der Waals surface area (Å²) in [7, 11) is 1.61. The van der Waals surface area contributed by atoms with Crippen LogP contribution in [0.25, 0.3) is 22.4 Å². The number of nitrogens with one attached hydrogen (secondary N) is 1. The molecule has 0 fully saturated rings. The number of aromatic amines is 1. The quantitative estimate of drug-likeness (QED) is 0.476. The highest BCUT2D eigenvalue weighted by molar-refractivity contribution is 5.85. The lowest BCUT2D eigenvalue weighted by Crippen LogP contribution is -1.95. The molecule has 2 N–H and O–H groups in total. The Morgan fingerprint density at radius 2 is 1.76 bits per heavy atom. The van der Waals surface area contributed by atoms with Gasteiger partial charge in [0.05, 0.1) is 19.0 Å². The predicted octanol–water partition coefficient (Wildman–Crippen LogP) is 5.18. The number of nitrogens with zero attached hydrogens (tertiary/aromatic N) is 1. The topological polar surface area (TPSA) is 67.4 Å². The SMILES string of the molecule is COc1ccccc1-c1cn[nH]c1-c1ccc(OCc2ccc(F)cc2)cc1O. The van der Waals surface area contributed by atoms with Crippen LogP contribution in [0.2, 0.25) is 0 Å². The van der Waals surface area contributed by atoms with Gasteiger partial charge in [0.2, 0.25) is 0 Å². The van der Waals surface area contributed by atoms with Crippen molar-refractivity contribution in [1.82, 2.24) is 10.2 Å². The lowest BCUT2D eigenvalue weighted by atomic mass is 10.0. The van der Waals surface area contributed by atoms with Crippen molar-refractivity contribution in [3.8, 4) is 39.6 Å². The minimum atomic E-state index is -0.291. The molecule has 0 saturated heterocycles. The van der Waals surface area contributed by atoms with Gasteiger partial charge in [-0.15, -0.1) is 0 Å². The normalized spacial score (nSPS) is 10.7. The number of para-hydroxylation sites is 1. The molecule has 0 saturated carbocycles. The fourth-order valence-corrected chi connectivity index (χ4v) is 3.12. The number of hydrogen-bond donors (Lipinski definition) is 2. The molecule has 1 aromatic heterocycles. The van der Waals surface area contributed by atoms with Crippen LogP contribution in [0.1, 0.15) is 5.56 Å². The zero-order valence-corrected chi connectivity index (χ0v) is 15.7. The predicted molar refractivity (Wildman–Crippen MR) is 108 cm³/mol. The highest BCUT2D eigenvalue weighted by atomic mass is 19.1. The maximum atomic E-state index is 13.0. The van der Waals surface area contributed by atoms with Crippen molar-refractivity contribution in [3.05, 3.63) is 84.3 Å². The third-order valence-corrected chi connectivity index (χ3v) is 4.59. The smallest absolute Gasteiger partial charge is 0.128 e. The fourth-order valence-electron chi connectivity index (χ4n) is 3.12. The van der Waals surface area contributed by atoms with Crippen LogP contribution in [-0.4, -0.2) is 22.4 Å². The van der Waals surface area contributed by atoms with Crippen LogP contribution in [-0.2, 0) is 6.61 Å². The highest BCUT2D eigenvalue weighted by Crippen LogP contribution is 2.39. The molecule has 0 aliphatic carbocycles. The number of aromatic hydroxyl groups is 1. The standard InChI is InChI=1S/C23H19FN2O3/c1-28-22-5-3-2-4-18(22)20-13-25-26-23(20)19-11-10-17(12-21(19)27)29-14-15-6-8-16(24)9-7-15/h2-13,27H,14H2,1H3,(H,25,26). The van der Waals surface area contributed by atoms with Crippen LogP contribution in [0.4, 0.5) is 4.39 Å². The Labute approximate surface area is 167 Å². The second-order valence-corrected chi connectivity index (χ2v) is 6.45. The summed E-state index contributed by atoms with van der Waals surface area (Å²) in [6.07, 6.45) is 1.70. The maximum Gasteiger partial charge on any atom is 0.128 e. The highest BCUT2D eigenvalue weighted by Gasteiger charge is 2.16. The van der Waals surface area contributed by atoms with Gasteiger partial charge in [0.15, 0.2) is 0 Å². The summed E-state index contributed by atoms with van der Waals surface area (Å²) in [5.74, 6) is 0.992. The lowest BCUT2D eigenvalue weighted by molar-refractivity contribution is 0.304. The third-order valence-electron chi connectivity index (χ3n) is 4.59. The number of methoxy groups -OCH3 is 1. The third kappa shape index (κ3) is 3.91. The Kier molecular flexibility index (Phi) is 5.16. The van der Waals surface area contributed by atoms with Crippen LogP contribution in [0.5, 0.6) is 17.2 Å². The Bertz CT molecular complexity index is 1120. The van der Waals surface area contributed by atoms with Crippen molar-refractivity contribution in [2.75, 3.05) is 7.11 Å². The van der Waals surface area contributed by atoms with E-state index < -0.39 is 0 Å². The summed E-state index contributed by atoms with van der Waals surface area (Å²) in [4.78, 5) is 0. The number of phenolic OH excluding ortho intramolecular Hbond substituents is 1. The van der Waals surface area contributed by atoms with Gasteiger partial charge in [0, 0.05) is 22.8 Å². The van der Waals surface area contributed by atoms with E-state index in [2.05, 4.69) is 10.2 Å². The molecule has 29 heavy (non-hydrogen) atoms. The average molecular weight is 390 g/mol. The first-order valence-corrected chi connectivity index (χ1v) is 9.03. The lowest BCUT2D eigenvalue weighted by Gasteiger charge is -2.11. The summed E-state index contributed by atoms with van der Waals surface area (Å²) in [5.41, 5.74) is 3.80. The molecule has 0 spiro atoms. The molecule has 0 aliphatic heterocycles. The molecule has 6 heteroatoms. The first-order valence-electron chi connectivity index (χ1n) is 9.03. The largest absolute Gasteiger partial charge is 0.507 e. The summed E-state index contributed by atoms with van der Waals surface area (Å²) in [6.45, 7) is 0.273. The van der Waals surface area contributed by atoms with E-state index in [0.717, 1.165) is 16.7 Å². The van der Waals surface area contributed by atoms with Crippen molar-refractivity contribution in [2.24, 2.45) is 0 Å².